The molecule has 128 valence electrons. The minimum absolute atomic E-state index is 0.237. The van der Waals surface area contributed by atoms with Gasteiger partial charge in [0.25, 0.3) is 0 Å². The van der Waals surface area contributed by atoms with Gasteiger partial charge < -0.3 is 19.9 Å². The number of likely N-dealkylation sites (tertiary alicyclic amines) is 1. The smallest absolute Gasteiger partial charge is 0.318 e. The fourth-order valence-corrected chi connectivity index (χ4v) is 2.92. The fourth-order valence-electron chi connectivity index (χ4n) is 2.92. The molecule has 7 heteroatoms. The Morgan fingerprint density at radius 1 is 1.42 bits per heavy atom. The van der Waals surface area contributed by atoms with E-state index in [9.17, 15) is 14.3 Å². The normalized spacial score (nSPS) is 16.9. The zero-order chi connectivity index (χ0) is 17.1. The van der Waals surface area contributed by atoms with E-state index in [1.165, 1.54) is 12.1 Å². The van der Waals surface area contributed by atoms with Crippen molar-refractivity contribution < 1.29 is 14.3 Å². The Labute approximate surface area is 139 Å². The van der Waals surface area contributed by atoms with Crippen molar-refractivity contribution in [2.24, 2.45) is 7.05 Å². The molecule has 1 aliphatic heterocycles. The molecule has 2 N–H and O–H groups in total. The molecule has 6 nitrogen and oxygen atoms in total. The van der Waals surface area contributed by atoms with Crippen molar-refractivity contribution >= 4 is 6.03 Å². The van der Waals surface area contributed by atoms with E-state index in [1.807, 2.05) is 7.05 Å². The molecule has 2 aromatic rings. The first-order chi connectivity index (χ1) is 11.5. The number of aryl methyl sites for hydroxylation is 1. The Bertz CT molecular complexity index is 710. The predicted octanol–water partition coefficient (Wildman–Crippen LogP) is 1.81. The highest BCUT2D eigenvalue weighted by Crippen LogP contribution is 2.22. The van der Waals surface area contributed by atoms with E-state index >= 15 is 0 Å². The lowest BCUT2D eigenvalue weighted by molar-refractivity contribution is 0.0930. The predicted molar refractivity (Wildman–Crippen MR) is 86.8 cm³/mol. The first-order valence-electron chi connectivity index (χ1n) is 8.01. The number of hydrogen-bond donors (Lipinski definition) is 2. The number of aliphatic hydroxyl groups excluding tert-OH is 1. The van der Waals surface area contributed by atoms with Crippen LogP contribution in [0.4, 0.5) is 9.18 Å². The van der Waals surface area contributed by atoms with E-state index in [2.05, 4.69) is 10.3 Å². The van der Waals surface area contributed by atoms with E-state index in [0.29, 0.717) is 37.3 Å². The van der Waals surface area contributed by atoms with Crippen molar-refractivity contribution in [1.29, 1.82) is 0 Å². The molecule has 1 aromatic carbocycles. The second-order valence-electron chi connectivity index (χ2n) is 6.05. The van der Waals surface area contributed by atoms with Crippen LogP contribution in [0.2, 0.25) is 0 Å². The van der Waals surface area contributed by atoms with Crippen LogP contribution in [0.5, 0.6) is 0 Å². The summed E-state index contributed by atoms with van der Waals surface area (Å²) in [5.74, 6) is 0.271. The molecule has 2 heterocycles. The number of carbonyl (C=O) groups is 1. The molecule has 1 aromatic heterocycles. The van der Waals surface area contributed by atoms with Gasteiger partial charge >= 0.3 is 6.03 Å². The minimum atomic E-state index is -0.542. The largest absolute Gasteiger partial charge is 0.393 e. The third-order valence-corrected chi connectivity index (χ3v) is 4.32. The maximum Gasteiger partial charge on any atom is 0.318 e. The van der Waals surface area contributed by atoms with Gasteiger partial charge in [0.2, 0.25) is 0 Å². The third-order valence-electron chi connectivity index (χ3n) is 4.32. The van der Waals surface area contributed by atoms with Gasteiger partial charge in [0.15, 0.2) is 0 Å². The Balaban J connectivity index is 1.83. The average Bonchev–Trinajstić information content (AvgIpc) is 2.99. The summed E-state index contributed by atoms with van der Waals surface area (Å²) in [5, 5.41) is 12.5. The minimum Gasteiger partial charge on any atom is -0.393 e. The number of hydrogen-bond acceptors (Lipinski definition) is 3. The number of benzene rings is 1. The summed E-state index contributed by atoms with van der Waals surface area (Å²) in [6, 6.07) is 5.37. The third kappa shape index (κ3) is 3.56. The number of halogens is 1. The number of urea groups is 1. The highest BCUT2D eigenvalue weighted by Gasteiger charge is 2.26. The van der Waals surface area contributed by atoms with Crippen LogP contribution in [0.3, 0.4) is 0 Å². The second kappa shape index (κ2) is 7.00. The number of aliphatic hydroxyl groups is 1. The van der Waals surface area contributed by atoms with Crippen LogP contribution < -0.4 is 5.32 Å². The summed E-state index contributed by atoms with van der Waals surface area (Å²) in [4.78, 5) is 18.6. The van der Waals surface area contributed by atoms with Crippen LogP contribution in [0, 0.1) is 5.82 Å². The van der Waals surface area contributed by atoms with Gasteiger partial charge in [-0.3, -0.25) is 0 Å². The number of nitrogens with one attached hydrogen (secondary N) is 1. The van der Waals surface area contributed by atoms with Crippen molar-refractivity contribution in [2.45, 2.75) is 25.0 Å². The van der Waals surface area contributed by atoms with Gasteiger partial charge in [-0.05, 0) is 30.5 Å². The Morgan fingerprint density at radius 3 is 2.79 bits per heavy atom. The van der Waals surface area contributed by atoms with Crippen LogP contribution in [0.15, 0.2) is 36.7 Å². The molecule has 24 heavy (non-hydrogen) atoms. The summed E-state index contributed by atoms with van der Waals surface area (Å²) in [5.41, 5.74) is 0.634. The van der Waals surface area contributed by atoms with Crippen LogP contribution >= 0.6 is 0 Å². The van der Waals surface area contributed by atoms with E-state index < -0.39 is 6.04 Å². The standard InChI is InChI=1S/C17H21FN4O2/c1-21-10-7-19-16(21)15(12-3-2-4-13(18)11-12)20-17(24)22-8-5-14(23)6-9-22/h2-4,7,10-11,14-15,23H,5-6,8-9H2,1H3,(H,20,24)/t15-/m0/s1. The zero-order valence-electron chi connectivity index (χ0n) is 13.5. The van der Waals surface area contributed by atoms with Crippen LogP contribution in [0.1, 0.15) is 30.3 Å². The average molecular weight is 332 g/mol. The molecule has 1 saturated heterocycles. The molecule has 2 amide bonds. The monoisotopic (exact) mass is 332 g/mol. The first-order valence-corrected chi connectivity index (χ1v) is 8.01. The first kappa shape index (κ1) is 16.4. The molecule has 0 bridgehead atoms. The number of nitrogens with zero attached hydrogens (tertiary/aromatic N) is 3. The maximum atomic E-state index is 13.6. The molecule has 0 saturated carbocycles. The number of aromatic nitrogens is 2. The number of carbonyl (C=O) groups excluding carboxylic acids is 1. The van der Waals surface area contributed by atoms with Crippen molar-refractivity contribution in [3.63, 3.8) is 0 Å². The van der Waals surface area contributed by atoms with E-state index in [0.717, 1.165) is 0 Å². The lowest BCUT2D eigenvalue weighted by Gasteiger charge is -2.31. The topological polar surface area (TPSA) is 70.4 Å². The number of imidazole rings is 1. The SMILES string of the molecule is Cn1ccnc1[C@@H](NC(=O)N1CCC(O)CC1)c1cccc(F)c1. The lowest BCUT2D eigenvalue weighted by Crippen LogP contribution is -2.47. The molecular weight excluding hydrogens is 311 g/mol. The Hall–Kier alpha value is -2.41. The lowest BCUT2D eigenvalue weighted by atomic mass is 10.1. The summed E-state index contributed by atoms with van der Waals surface area (Å²) in [7, 11) is 1.83. The van der Waals surface area contributed by atoms with Crippen LogP contribution in [-0.4, -0.2) is 44.8 Å². The Kier molecular flexibility index (Phi) is 4.80. The zero-order valence-corrected chi connectivity index (χ0v) is 13.5. The quantitative estimate of drug-likeness (QED) is 0.901. The van der Waals surface area contributed by atoms with Crippen molar-refractivity contribution in [1.82, 2.24) is 19.8 Å². The van der Waals surface area contributed by atoms with Gasteiger partial charge in [-0.2, -0.15) is 0 Å². The van der Waals surface area contributed by atoms with Crippen molar-refractivity contribution in [2.75, 3.05) is 13.1 Å². The molecule has 1 atom stereocenters. The molecular formula is C17H21FN4O2. The van der Waals surface area contributed by atoms with Crippen LogP contribution in [0.25, 0.3) is 0 Å². The molecule has 0 unspecified atom stereocenters. The number of rotatable bonds is 3. The summed E-state index contributed by atoms with van der Waals surface area (Å²) < 4.78 is 15.4. The summed E-state index contributed by atoms with van der Waals surface area (Å²) >= 11 is 0. The second-order valence-corrected chi connectivity index (χ2v) is 6.05. The fraction of sp³-hybridized carbons (Fsp3) is 0.412. The van der Waals surface area contributed by atoms with Gasteiger partial charge in [-0.1, -0.05) is 12.1 Å². The molecule has 1 aliphatic rings. The molecule has 0 aliphatic carbocycles. The van der Waals surface area contributed by atoms with Gasteiger partial charge in [0.1, 0.15) is 17.7 Å². The molecule has 1 fully saturated rings. The summed E-state index contributed by atoms with van der Waals surface area (Å²) in [6.45, 7) is 1.01. The van der Waals surface area contributed by atoms with Gasteiger partial charge in [0, 0.05) is 32.5 Å². The van der Waals surface area contributed by atoms with Crippen molar-refractivity contribution in [3.05, 3.63) is 53.9 Å². The maximum absolute atomic E-state index is 13.6. The van der Waals surface area contributed by atoms with E-state index in [4.69, 9.17) is 0 Å². The Morgan fingerprint density at radius 2 is 2.17 bits per heavy atom. The van der Waals surface area contributed by atoms with E-state index in [-0.39, 0.29) is 18.0 Å². The van der Waals surface area contributed by atoms with Gasteiger partial charge in [-0.25, -0.2) is 14.2 Å². The summed E-state index contributed by atoms with van der Waals surface area (Å²) in [6.07, 6.45) is 4.22. The van der Waals surface area contributed by atoms with Crippen LogP contribution in [-0.2, 0) is 7.05 Å². The highest BCUT2D eigenvalue weighted by atomic mass is 19.1. The highest BCUT2D eigenvalue weighted by molar-refractivity contribution is 5.75. The molecule has 0 spiro atoms. The molecule has 3 rings (SSSR count). The number of piperidine rings is 1. The molecule has 0 radical (unpaired) electrons. The van der Waals surface area contributed by atoms with Gasteiger partial charge in [-0.15, -0.1) is 0 Å². The number of amides is 2. The van der Waals surface area contributed by atoms with Gasteiger partial charge in [0.05, 0.1) is 6.10 Å². The van der Waals surface area contributed by atoms with Crippen molar-refractivity contribution in [3.8, 4) is 0 Å². The van der Waals surface area contributed by atoms with E-state index in [1.54, 1.807) is 34.0 Å².